The lowest BCUT2D eigenvalue weighted by molar-refractivity contribution is -0.120. The average Bonchev–Trinajstić information content (AvgIpc) is 2.18. The highest BCUT2D eigenvalue weighted by Crippen LogP contribution is 1.89. The predicted molar refractivity (Wildman–Crippen MR) is 58.6 cm³/mol. The summed E-state index contributed by atoms with van der Waals surface area (Å²) in [5, 5.41) is 14.8. The summed E-state index contributed by atoms with van der Waals surface area (Å²) in [5.41, 5.74) is 0. The van der Waals surface area contributed by atoms with E-state index in [1.165, 1.54) is 7.11 Å². The van der Waals surface area contributed by atoms with E-state index in [-0.39, 0.29) is 12.5 Å². The van der Waals surface area contributed by atoms with Crippen LogP contribution in [0.2, 0.25) is 0 Å². The Morgan fingerprint density at radius 3 is 3.00 bits per heavy atom. The number of carbonyl (C=O) groups is 1. The van der Waals surface area contributed by atoms with Crippen molar-refractivity contribution >= 4 is 5.91 Å². The SMILES string of the molecule is C=CCNCC(=O)NCCC(O)COC. The van der Waals surface area contributed by atoms with Gasteiger partial charge in [-0.2, -0.15) is 0 Å². The van der Waals surface area contributed by atoms with Crippen molar-refractivity contribution in [3.05, 3.63) is 12.7 Å². The number of ether oxygens (including phenoxy) is 1. The highest BCUT2D eigenvalue weighted by Gasteiger charge is 2.04. The monoisotopic (exact) mass is 216 g/mol. The molecule has 5 nitrogen and oxygen atoms in total. The fourth-order valence-electron chi connectivity index (χ4n) is 1.00. The summed E-state index contributed by atoms with van der Waals surface area (Å²) >= 11 is 0. The molecule has 1 unspecified atom stereocenters. The normalized spacial score (nSPS) is 12.1. The molecule has 0 aromatic carbocycles. The molecule has 0 aliphatic carbocycles. The van der Waals surface area contributed by atoms with E-state index in [0.29, 0.717) is 26.1 Å². The van der Waals surface area contributed by atoms with Crippen LogP contribution in [0.3, 0.4) is 0 Å². The summed E-state index contributed by atoms with van der Waals surface area (Å²) in [6, 6.07) is 0. The summed E-state index contributed by atoms with van der Waals surface area (Å²) in [5.74, 6) is -0.0820. The van der Waals surface area contributed by atoms with Crippen molar-refractivity contribution in [1.29, 1.82) is 0 Å². The zero-order valence-electron chi connectivity index (χ0n) is 9.16. The third-order valence-corrected chi connectivity index (χ3v) is 1.73. The molecule has 0 saturated heterocycles. The van der Waals surface area contributed by atoms with Crippen LogP contribution in [0.4, 0.5) is 0 Å². The Bertz CT molecular complexity index is 186. The molecule has 1 atom stereocenters. The Labute approximate surface area is 90.5 Å². The first-order valence-electron chi connectivity index (χ1n) is 4.96. The number of rotatable bonds is 9. The maximum atomic E-state index is 11.1. The van der Waals surface area contributed by atoms with Crippen LogP contribution in [-0.4, -0.2) is 50.5 Å². The van der Waals surface area contributed by atoms with Crippen LogP contribution in [0.25, 0.3) is 0 Å². The second kappa shape index (κ2) is 9.64. The van der Waals surface area contributed by atoms with Gasteiger partial charge in [-0.25, -0.2) is 0 Å². The van der Waals surface area contributed by atoms with Gasteiger partial charge < -0.3 is 20.5 Å². The number of nitrogens with one attached hydrogen (secondary N) is 2. The molecule has 0 aliphatic rings. The van der Waals surface area contributed by atoms with E-state index < -0.39 is 6.10 Å². The smallest absolute Gasteiger partial charge is 0.233 e. The molecule has 0 bridgehead atoms. The third-order valence-electron chi connectivity index (χ3n) is 1.73. The number of hydrogen-bond acceptors (Lipinski definition) is 4. The van der Waals surface area contributed by atoms with Crippen molar-refractivity contribution in [3.8, 4) is 0 Å². The summed E-state index contributed by atoms with van der Waals surface area (Å²) in [7, 11) is 1.53. The van der Waals surface area contributed by atoms with Crippen LogP contribution in [0.15, 0.2) is 12.7 Å². The van der Waals surface area contributed by atoms with E-state index >= 15 is 0 Å². The van der Waals surface area contributed by atoms with Gasteiger partial charge in [0, 0.05) is 20.2 Å². The summed E-state index contributed by atoms with van der Waals surface area (Å²) in [6.45, 7) is 5.16. The second-order valence-electron chi connectivity index (χ2n) is 3.17. The molecular weight excluding hydrogens is 196 g/mol. The van der Waals surface area contributed by atoms with Gasteiger partial charge >= 0.3 is 0 Å². The zero-order valence-corrected chi connectivity index (χ0v) is 9.16. The minimum absolute atomic E-state index is 0.0820. The highest BCUT2D eigenvalue weighted by atomic mass is 16.5. The molecule has 0 heterocycles. The number of methoxy groups -OCH3 is 1. The van der Waals surface area contributed by atoms with Gasteiger partial charge in [0.25, 0.3) is 0 Å². The first-order valence-corrected chi connectivity index (χ1v) is 4.96. The lowest BCUT2D eigenvalue weighted by atomic mass is 10.2. The summed E-state index contributed by atoms with van der Waals surface area (Å²) in [6.07, 6.45) is 1.67. The van der Waals surface area contributed by atoms with Crippen LogP contribution in [-0.2, 0) is 9.53 Å². The van der Waals surface area contributed by atoms with E-state index in [2.05, 4.69) is 17.2 Å². The minimum atomic E-state index is -0.517. The van der Waals surface area contributed by atoms with Crippen molar-refractivity contribution in [1.82, 2.24) is 10.6 Å². The summed E-state index contributed by atoms with van der Waals surface area (Å²) < 4.78 is 4.75. The molecule has 0 aromatic heterocycles. The first-order chi connectivity index (χ1) is 7.20. The maximum Gasteiger partial charge on any atom is 0.233 e. The van der Waals surface area contributed by atoms with Gasteiger partial charge in [-0.05, 0) is 6.42 Å². The molecule has 0 fully saturated rings. The molecule has 0 spiro atoms. The highest BCUT2D eigenvalue weighted by molar-refractivity contribution is 5.77. The van der Waals surface area contributed by atoms with Crippen LogP contribution < -0.4 is 10.6 Å². The van der Waals surface area contributed by atoms with Crippen LogP contribution >= 0.6 is 0 Å². The largest absolute Gasteiger partial charge is 0.391 e. The van der Waals surface area contributed by atoms with Gasteiger partial charge in [0.1, 0.15) is 0 Å². The number of aliphatic hydroxyl groups excluding tert-OH is 1. The number of hydrogen-bond donors (Lipinski definition) is 3. The van der Waals surface area contributed by atoms with Crippen molar-refractivity contribution in [2.45, 2.75) is 12.5 Å². The topological polar surface area (TPSA) is 70.6 Å². The number of aliphatic hydroxyl groups is 1. The van der Waals surface area contributed by atoms with Gasteiger partial charge in [0.15, 0.2) is 0 Å². The van der Waals surface area contributed by atoms with Gasteiger partial charge in [0.05, 0.1) is 19.3 Å². The van der Waals surface area contributed by atoms with E-state index in [4.69, 9.17) is 4.74 Å². The fraction of sp³-hybridized carbons (Fsp3) is 0.700. The van der Waals surface area contributed by atoms with Crippen molar-refractivity contribution in [2.75, 3.05) is 33.4 Å². The van der Waals surface area contributed by atoms with E-state index in [0.717, 1.165) is 0 Å². The molecule has 1 amide bonds. The molecular formula is C10H20N2O3. The van der Waals surface area contributed by atoms with E-state index in [9.17, 15) is 9.90 Å². The molecule has 0 aliphatic heterocycles. The van der Waals surface area contributed by atoms with Crippen LogP contribution in [0, 0.1) is 0 Å². The number of carbonyl (C=O) groups excluding carboxylic acids is 1. The van der Waals surface area contributed by atoms with Gasteiger partial charge in [-0.3, -0.25) is 4.79 Å². The van der Waals surface area contributed by atoms with Crippen molar-refractivity contribution < 1.29 is 14.6 Å². The quantitative estimate of drug-likeness (QED) is 0.351. The molecule has 0 rings (SSSR count). The summed E-state index contributed by atoms with van der Waals surface area (Å²) in [4.78, 5) is 11.1. The Balaban J connectivity index is 3.33. The average molecular weight is 216 g/mol. The molecule has 0 saturated carbocycles. The molecule has 0 aromatic rings. The maximum absolute atomic E-state index is 11.1. The van der Waals surface area contributed by atoms with Crippen molar-refractivity contribution in [2.24, 2.45) is 0 Å². The van der Waals surface area contributed by atoms with Gasteiger partial charge in [-0.1, -0.05) is 6.08 Å². The predicted octanol–water partition coefficient (Wildman–Crippen LogP) is -0.724. The zero-order chi connectivity index (χ0) is 11.5. The van der Waals surface area contributed by atoms with E-state index in [1.807, 2.05) is 0 Å². The third kappa shape index (κ3) is 9.40. The van der Waals surface area contributed by atoms with Crippen molar-refractivity contribution in [3.63, 3.8) is 0 Å². The molecule has 5 heteroatoms. The molecule has 0 radical (unpaired) electrons. The molecule has 15 heavy (non-hydrogen) atoms. The lowest BCUT2D eigenvalue weighted by Gasteiger charge is -2.10. The second-order valence-corrected chi connectivity index (χ2v) is 3.17. The molecule has 3 N–H and O–H groups in total. The van der Waals surface area contributed by atoms with Gasteiger partial charge in [-0.15, -0.1) is 6.58 Å². The Morgan fingerprint density at radius 2 is 2.40 bits per heavy atom. The first kappa shape index (κ1) is 14.1. The fourth-order valence-corrected chi connectivity index (χ4v) is 1.00. The number of amides is 1. The van der Waals surface area contributed by atoms with Gasteiger partial charge in [0.2, 0.25) is 5.91 Å². The Hall–Kier alpha value is -0.910. The molecule has 88 valence electrons. The van der Waals surface area contributed by atoms with Crippen LogP contribution in [0.5, 0.6) is 0 Å². The van der Waals surface area contributed by atoms with Crippen LogP contribution in [0.1, 0.15) is 6.42 Å². The Kier molecular flexibility index (Phi) is 9.05. The standard InChI is InChI=1S/C10H20N2O3/c1-3-5-11-7-10(14)12-6-4-9(13)8-15-2/h3,9,11,13H,1,4-8H2,2H3,(H,12,14). The lowest BCUT2D eigenvalue weighted by Crippen LogP contribution is -2.35. The van der Waals surface area contributed by atoms with E-state index in [1.54, 1.807) is 6.08 Å². The minimum Gasteiger partial charge on any atom is -0.391 e. The Morgan fingerprint density at radius 1 is 1.67 bits per heavy atom.